The molecule has 2 aromatic rings. The molecule has 10 heteroatoms. The number of nitro groups is 1. The van der Waals surface area contributed by atoms with Crippen molar-refractivity contribution < 1.29 is 33.4 Å². The van der Waals surface area contributed by atoms with Gasteiger partial charge in [-0.2, -0.15) is 5.26 Å². The van der Waals surface area contributed by atoms with Gasteiger partial charge in [-0.15, -0.1) is 0 Å². The van der Waals surface area contributed by atoms with Crippen LogP contribution in [0.2, 0.25) is 0 Å². The molecule has 0 aliphatic heterocycles. The number of methoxy groups -OCH3 is 4. The van der Waals surface area contributed by atoms with Crippen LogP contribution in [0.4, 0.5) is 0 Å². The average molecular weight is 501 g/mol. The van der Waals surface area contributed by atoms with Gasteiger partial charge in [-0.3, -0.25) is 14.9 Å². The molecule has 0 aliphatic rings. The fourth-order valence-corrected chi connectivity index (χ4v) is 4.01. The number of nitriles is 1. The van der Waals surface area contributed by atoms with Crippen molar-refractivity contribution in [2.24, 2.45) is 0 Å². The quantitative estimate of drug-likeness (QED) is 0.227. The third-order valence-electron chi connectivity index (χ3n) is 6.11. The van der Waals surface area contributed by atoms with E-state index in [0.717, 1.165) is 0 Å². The van der Waals surface area contributed by atoms with Crippen LogP contribution in [0.15, 0.2) is 36.4 Å². The highest BCUT2D eigenvalue weighted by atomic mass is 16.6. The molecular weight excluding hydrogens is 468 g/mol. The number of hydrogen-bond donors (Lipinski definition) is 0. The second-order valence-electron chi connectivity index (χ2n) is 8.45. The third-order valence-corrected chi connectivity index (χ3v) is 6.11. The van der Waals surface area contributed by atoms with Crippen molar-refractivity contribution in [3.8, 4) is 29.1 Å². The molecule has 0 saturated heterocycles. The summed E-state index contributed by atoms with van der Waals surface area (Å²) in [5.41, 5.74) is 0.249. The number of carbonyl (C=O) groups excluding carboxylic acids is 1. The number of nitrogens with zero attached hydrogens (tertiary/aromatic N) is 2. The molecule has 3 unspecified atom stereocenters. The summed E-state index contributed by atoms with van der Waals surface area (Å²) in [6.45, 7) is 2.94. The Hall–Kier alpha value is -4.00. The number of benzene rings is 2. The van der Waals surface area contributed by atoms with Gasteiger partial charge < -0.3 is 23.7 Å². The Morgan fingerprint density at radius 1 is 1.00 bits per heavy atom. The summed E-state index contributed by atoms with van der Waals surface area (Å²) in [6.07, 6.45) is -0.770. The van der Waals surface area contributed by atoms with Gasteiger partial charge in [0.1, 0.15) is 0 Å². The summed E-state index contributed by atoms with van der Waals surface area (Å²) in [6, 6.07) is 11.2. The average Bonchev–Trinajstić information content (AvgIpc) is 2.88. The summed E-state index contributed by atoms with van der Waals surface area (Å²) in [5, 5.41) is 22.1. The van der Waals surface area contributed by atoms with E-state index in [1.165, 1.54) is 35.4 Å². The summed E-state index contributed by atoms with van der Waals surface area (Å²) in [4.78, 5) is 23.5. The molecule has 3 atom stereocenters. The van der Waals surface area contributed by atoms with Crippen LogP contribution in [-0.2, 0) is 21.4 Å². The summed E-state index contributed by atoms with van der Waals surface area (Å²) < 4.78 is 26.6. The Balaban J connectivity index is 2.34. The van der Waals surface area contributed by atoms with Crippen molar-refractivity contribution in [1.29, 1.82) is 5.26 Å². The minimum Gasteiger partial charge on any atom is -0.493 e. The standard InChI is InChI=1S/C26H32N2O8/c1-17(29)36-21(20(28(30)31)13-18-7-9-22(32-3)24(14-18)34-5)11-12-26(2,16-27)19-8-10-23(33-4)25(15-19)35-6/h7-10,14-15,20-21H,11-13H2,1-6H3. The molecule has 0 aliphatic carbocycles. The maximum absolute atomic E-state index is 12.1. The van der Waals surface area contributed by atoms with Gasteiger partial charge in [-0.25, -0.2) is 0 Å². The lowest BCUT2D eigenvalue weighted by Gasteiger charge is -2.27. The lowest BCUT2D eigenvalue weighted by Crippen LogP contribution is -2.40. The van der Waals surface area contributed by atoms with Crippen LogP contribution in [0.5, 0.6) is 23.0 Å². The van der Waals surface area contributed by atoms with Gasteiger partial charge in [-0.05, 0) is 55.2 Å². The van der Waals surface area contributed by atoms with E-state index in [-0.39, 0.29) is 19.3 Å². The van der Waals surface area contributed by atoms with Gasteiger partial charge in [0.05, 0.1) is 39.9 Å². The molecule has 0 heterocycles. The minimum absolute atomic E-state index is 0.00900. The van der Waals surface area contributed by atoms with Crippen LogP contribution < -0.4 is 18.9 Å². The van der Waals surface area contributed by atoms with Gasteiger partial charge in [0.15, 0.2) is 29.1 Å². The van der Waals surface area contributed by atoms with Gasteiger partial charge in [-0.1, -0.05) is 12.1 Å². The second kappa shape index (κ2) is 12.6. The first kappa shape index (κ1) is 28.2. The van der Waals surface area contributed by atoms with Crippen LogP contribution in [0.1, 0.15) is 37.8 Å². The van der Waals surface area contributed by atoms with Crippen molar-refractivity contribution in [2.45, 2.75) is 50.7 Å². The minimum atomic E-state index is -1.24. The van der Waals surface area contributed by atoms with Crippen LogP contribution >= 0.6 is 0 Å². The highest BCUT2D eigenvalue weighted by molar-refractivity contribution is 5.66. The van der Waals surface area contributed by atoms with E-state index in [0.29, 0.717) is 34.1 Å². The van der Waals surface area contributed by atoms with E-state index in [9.17, 15) is 20.2 Å². The molecule has 194 valence electrons. The molecule has 0 amide bonds. The Morgan fingerprint density at radius 3 is 2.06 bits per heavy atom. The fourth-order valence-electron chi connectivity index (χ4n) is 4.01. The van der Waals surface area contributed by atoms with Crippen molar-refractivity contribution >= 4 is 5.97 Å². The number of esters is 1. The first-order valence-corrected chi connectivity index (χ1v) is 11.3. The summed E-state index contributed by atoms with van der Waals surface area (Å²) >= 11 is 0. The molecule has 0 saturated carbocycles. The van der Waals surface area contributed by atoms with Crippen molar-refractivity contribution in [1.82, 2.24) is 0 Å². The van der Waals surface area contributed by atoms with E-state index in [1.54, 1.807) is 43.3 Å². The van der Waals surface area contributed by atoms with Crippen LogP contribution in [0.25, 0.3) is 0 Å². The number of carbonyl (C=O) groups is 1. The Labute approximate surface area is 210 Å². The molecule has 0 aromatic heterocycles. The molecule has 0 radical (unpaired) electrons. The van der Waals surface area contributed by atoms with Gasteiger partial charge in [0, 0.05) is 18.3 Å². The van der Waals surface area contributed by atoms with Crippen LogP contribution in [0.3, 0.4) is 0 Å². The van der Waals surface area contributed by atoms with E-state index in [1.807, 2.05) is 0 Å². The van der Waals surface area contributed by atoms with E-state index in [4.69, 9.17) is 23.7 Å². The normalized spacial score (nSPS) is 13.9. The largest absolute Gasteiger partial charge is 0.493 e. The predicted molar refractivity (Wildman–Crippen MR) is 131 cm³/mol. The number of hydrogen-bond acceptors (Lipinski definition) is 9. The van der Waals surface area contributed by atoms with E-state index < -0.39 is 28.5 Å². The van der Waals surface area contributed by atoms with Gasteiger partial charge in [0.25, 0.3) is 6.04 Å². The summed E-state index contributed by atoms with van der Waals surface area (Å²) in [5.74, 6) is 1.28. The van der Waals surface area contributed by atoms with Crippen molar-refractivity contribution in [3.05, 3.63) is 57.6 Å². The lowest BCUT2D eigenvalue weighted by molar-refractivity contribution is -0.533. The van der Waals surface area contributed by atoms with Gasteiger partial charge >= 0.3 is 5.97 Å². The first-order valence-electron chi connectivity index (χ1n) is 11.3. The number of rotatable bonds is 13. The Morgan fingerprint density at radius 2 is 1.56 bits per heavy atom. The molecular formula is C26H32N2O8. The fraction of sp³-hybridized carbons (Fsp3) is 0.462. The third kappa shape index (κ3) is 6.78. The van der Waals surface area contributed by atoms with Gasteiger partial charge in [0.2, 0.25) is 0 Å². The smallest absolute Gasteiger partial charge is 0.303 e. The Bertz CT molecular complexity index is 1110. The zero-order valence-corrected chi connectivity index (χ0v) is 21.4. The molecule has 36 heavy (non-hydrogen) atoms. The molecule has 2 rings (SSSR count). The predicted octanol–water partition coefficient (Wildman–Crippen LogP) is 4.10. The molecule has 10 nitrogen and oxygen atoms in total. The number of ether oxygens (including phenoxy) is 5. The lowest BCUT2D eigenvalue weighted by atomic mass is 9.78. The molecule has 0 spiro atoms. The molecule has 0 bridgehead atoms. The molecule has 2 aromatic carbocycles. The van der Waals surface area contributed by atoms with Crippen molar-refractivity contribution in [2.75, 3.05) is 28.4 Å². The zero-order chi connectivity index (χ0) is 26.9. The summed E-state index contributed by atoms with van der Waals surface area (Å²) in [7, 11) is 5.99. The second-order valence-corrected chi connectivity index (χ2v) is 8.45. The van der Waals surface area contributed by atoms with Crippen LogP contribution in [0, 0.1) is 21.4 Å². The molecule has 0 fully saturated rings. The van der Waals surface area contributed by atoms with Crippen molar-refractivity contribution in [3.63, 3.8) is 0 Å². The first-order chi connectivity index (χ1) is 17.1. The van der Waals surface area contributed by atoms with E-state index in [2.05, 4.69) is 6.07 Å². The topological polar surface area (TPSA) is 130 Å². The SMILES string of the molecule is COc1ccc(CC(C(CCC(C)(C#N)c2ccc(OC)c(OC)c2)OC(C)=O)[N+](=O)[O-])cc1OC. The highest BCUT2D eigenvalue weighted by Gasteiger charge is 2.37. The highest BCUT2D eigenvalue weighted by Crippen LogP contribution is 2.36. The monoisotopic (exact) mass is 500 g/mol. The maximum atomic E-state index is 12.1. The van der Waals surface area contributed by atoms with Crippen LogP contribution in [-0.4, -0.2) is 51.5 Å². The maximum Gasteiger partial charge on any atom is 0.303 e. The molecule has 0 N–H and O–H groups in total. The zero-order valence-electron chi connectivity index (χ0n) is 21.4. The van der Waals surface area contributed by atoms with E-state index >= 15 is 0 Å². The Kier molecular flexibility index (Phi) is 9.91.